The number of ether oxygens (including phenoxy) is 1. The Labute approximate surface area is 173 Å². The summed E-state index contributed by atoms with van der Waals surface area (Å²) in [7, 11) is 5.26. The van der Waals surface area contributed by atoms with E-state index in [-0.39, 0.29) is 12.5 Å². The number of thioether (sulfide) groups is 1. The zero-order valence-corrected chi connectivity index (χ0v) is 18.2. The van der Waals surface area contributed by atoms with E-state index in [0.29, 0.717) is 11.4 Å². The van der Waals surface area contributed by atoms with Gasteiger partial charge in [-0.3, -0.25) is 4.79 Å². The third-order valence-electron chi connectivity index (χ3n) is 5.16. The maximum atomic E-state index is 11.9. The number of hydrogen-bond acceptors (Lipinski definition) is 4. The lowest BCUT2D eigenvalue weighted by Crippen LogP contribution is -2.47. The maximum Gasteiger partial charge on any atom is 0.243 e. The second-order valence-corrected chi connectivity index (χ2v) is 8.66. The van der Waals surface area contributed by atoms with Gasteiger partial charge in [-0.15, -0.1) is 11.8 Å². The summed E-state index contributed by atoms with van der Waals surface area (Å²) in [6, 6.07) is 10.4. The number of benzene rings is 1. The van der Waals surface area contributed by atoms with Gasteiger partial charge in [-0.05, 0) is 36.8 Å². The molecule has 2 N–H and O–H groups in total. The molecule has 0 aliphatic heterocycles. The Morgan fingerprint density at radius 3 is 2.61 bits per heavy atom. The van der Waals surface area contributed by atoms with Gasteiger partial charge in [0, 0.05) is 51.5 Å². The molecule has 0 atom stereocenters. The Morgan fingerprint density at radius 1 is 1.25 bits per heavy atom. The molecule has 0 radical (unpaired) electrons. The topological polar surface area (TPSA) is 66.0 Å². The number of likely N-dealkylation sites (N-methyl/N-ethyl adjacent to an activating group) is 1. The highest BCUT2D eigenvalue weighted by Crippen LogP contribution is 2.43. The van der Waals surface area contributed by atoms with Crippen LogP contribution >= 0.6 is 11.8 Å². The van der Waals surface area contributed by atoms with Crippen molar-refractivity contribution >= 4 is 23.6 Å². The van der Waals surface area contributed by atoms with Crippen molar-refractivity contribution in [1.82, 2.24) is 15.5 Å². The quantitative estimate of drug-likeness (QED) is 0.256. The van der Waals surface area contributed by atoms with E-state index in [9.17, 15) is 4.79 Å². The minimum atomic E-state index is -0.00231. The smallest absolute Gasteiger partial charge is 0.243 e. The third-order valence-corrected chi connectivity index (χ3v) is 6.17. The van der Waals surface area contributed by atoms with Gasteiger partial charge < -0.3 is 20.3 Å². The second-order valence-electron chi connectivity index (χ2n) is 7.49. The van der Waals surface area contributed by atoms with Crippen LogP contribution in [0.2, 0.25) is 0 Å². The van der Waals surface area contributed by atoms with Gasteiger partial charge in [-0.1, -0.05) is 24.6 Å². The number of rotatable bonds is 11. The summed E-state index contributed by atoms with van der Waals surface area (Å²) in [5.74, 6) is 1.64. The Balaban J connectivity index is 1.85. The predicted molar refractivity (Wildman–Crippen MR) is 117 cm³/mol. The molecule has 1 saturated carbocycles. The summed E-state index contributed by atoms with van der Waals surface area (Å²) in [6.45, 7) is 2.59. The van der Waals surface area contributed by atoms with Crippen molar-refractivity contribution in [1.29, 1.82) is 0 Å². The molecule has 28 heavy (non-hydrogen) atoms. The first-order chi connectivity index (χ1) is 13.5. The summed E-state index contributed by atoms with van der Waals surface area (Å²) in [4.78, 5) is 19.2. The number of hydrogen-bond donors (Lipinski definition) is 2. The van der Waals surface area contributed by atoms with E-state index in [4.69, 9.17) is 4.74 Å². The van der Waals surface area contributed by atoms with Crippen molar-refractivity contribution in [3.05, 3.63) is 30.3 Å². The lowest BCUT2D eigenvalue weighted by atomic mass is 9.67. The molecule has 0 bridgehead atoms. The highest BCUT2D eigenvalue weighted by Gasteiger charge is 2.36. The van der Waals surface area contributed by atoms with Crippen LogP contribution in [0, 0.1) is 5.41 Å². The van der Waals surface area contributed by atoms with Crippen LogP contribution in [-0.2, 0) is 9.53 Å². The normalized spacial score (nSPS) is 15.6. The lowest BCUT2D eigenvalue weighted by molar-refractivity contribution is -0.127. The van der Waals surface area contributed by atoms with E-state index in [1.54, 1.807) is 37.9 Å². The SMILES string of the molecule is COCCC1(CNC(=NCC(=O)N(C)C)NCCSc2ccccc2)CCC1. The lowest BCUT2D eigenvalue weighted by Gasteiger charge is -2.42. The first kappa shape index (κ1) is 22.6. The summed E-state index contributed by atoms with van der Waals surface area (Å²) in [5.41, 5.74) is 0.294. The largest absolute Gasteiger partial charge is 0.385 e. The fourth-order valence-corrected chi connectivity index (χ4v) is 3.89. The maximum absolute atomic E-state index is 11.9. The Kier molecular flexibility index (Phi) is 9.64. The molecule has 1 aliphatic carbocycles. The van der Waals surface area contributed by atoms with Gasteiger partial charge in [-0.25, -0.2) is 4.99 Å². The van der Waals surface area contributed by atoms with E-state index in [2.05, 4.69) is 39.9 Å². The first-order valence-corrected chi connectivity index (χ1v) is 10.9. The minimum Gasteiger partial charge on any atom is -0.385 e. The fraction of sp³-hybridized carbons (Fsp3) is 0.619. The van der Waals surface area contributed by atoms with Crippen LogP contribution in [0.1, 0.15) is 25.7 Å². The number of carbonyl (C=O) groups excluding carboxylic acids is 1. The molecule has 1 fully saturated rings. The van der Waals surface area contributed by atoms with Gasteiger partial charge >= 0.3 is 0 Å². The van der Waals surface area contributed by atoms with Crippen molar-refractivity contribution in [2.45, 2.75) is 30.6 Å². The van der Waals surface area contributed by atoms with Gasteiger partial charge in [-0.2, -0.15) is 0 Å². The number of aliphatic imine (C=N–C) groups is 1. The van der Waals surface area contributed by atoms with Gasteiger partial charge in [0.2, 0.25) is 5.91 Å². The number of guanidine groups is 1. The Bertz CT molecular complexity index is 618. The molecule has 1 aromatic carbocycles. The van der Waals surface area contributed by atoms with Crippen LogP contribution in [-0.4, -0.2) is 70.0 Å². The van der Waals surface area contributed by atoms with E-state index < -0.39 is 0 Å². The van der Waals surface area contributed by atoms with Gasteiger partial charge in [0.15, 0.2) is 5.96 Å². The second kappa shape index (κ2) is 12.0. The Morgan fingerprint density at radius 2 is 2.00 bits per heavy atom. The predicted octanol–water partition coefficient (Wildman–Crippen LogP) is 2.61. The molecule has 156 valence electrons. The standard InChI is InChI=1S/C21H34N4O2S/c1-25(2)19(26)16-23-20(22-13-15-28-18-8-5-4-6-9-18)24-17-21(10-7-11-21)12-14-27-3/h4-6,8-9H,7,10-17H2,1-3H3,(H2,22,23,24). The summed E-state index contributed by atoms with van der Waals surface area (Å²) < 4.78 is 5.28. The van der Waals surface area contributed by atoms with E-state index >= 15 is 0 Å². The van der Waals surface area contributed by atoms with Crippen molar-refractivity contribution in [2.75, 3.05) is 53.2 Å². The van der Waals surface area contributed by atoms with Crippen LogP contribution < -0.4 is 10.6 Å². The zero-order valence-electron chi connectivity index (χ0n) is 17.4. The molecule has 0 aromatic heterocycles. The van der Waals surface area contributed by atoms with Gasteiger partial charge in [0.1, 0.15) is 6.54 Å². The molecule has 1 aliphatic rings. The molecule has 2 rings (SSSR count). The number of methoxy groups -OCH3 is 1. The average molecular weight is 407 g/mol. The molecule has 0 spiro atoms. The van der Waals surface area contributed by atoms with Crippen molar-refractivity contribution in [2.24, 2.45) is 10.4 Å². The highest BCUT2D eigenvalue weighted by atomic mass is 32.2. The molecule has 0 heterocycles. The van der Waals surface area contributed by atoms with Crippen molar-refractivity contribution in [3.8, 4) is 0 Å². The van der Waals surface area contributed by atoms with Gasteiger partial charge in [0.05, 0.1) is 0 Å². The van der Waals surface area contributed by atoms with Crippen LogP contribution in [0.5, 0.6) is 0 Å². The average Bonchev–Trinajstić information content (AvgIpc) is 2.67. The van der Waals surface area contributed by atoms with Crippen LogP contribution in [0.4, 0.5) is 0 Å². The molecule has 0 unspecified atom stereocenters. The van der Waals surface area contributed by atoms with E-state index in [1.165, 1.54) is 24.2 Å². The molecular weight excluding hydrogens is 372 g/mol. The number of amides is 1. The monoisotopic (exact) mass is 406 g/mol. The van der Waals surface area contributed by atoms with Crippen LogP contribution in [0.25, 0.3) is 0 Å². The minimum absolute atomic E-state index is 0.00231. The molecule has 6 nitrogen and oxygen atoms in total. The molecular formula is C21H34N4O2S. The van der Waals surface area contributed by atoms with E-state index in [1.807, 2.05) is 6.07 Å². The molecule has 1 amide bonds. The van der Waals surface area contributed by atoms with E-state index in [0.717, 1.165) is 31.9 Å². The molecule has 7 heteroatoms. The summed E-state index contributed by atoms with van der Waals surface area (Å²) in [5, 5.41) is 6.84. The Hall–Kier alpha value is -1.73. The molecule has 0 saturated heterocycles. The van der Waals surface area contributed by atoms with Crippen molar-refractivity contribution in [3.63, 3.8) is 0 Å². The third kappa shape index (κ3) is 7.72. The zero-order chi connectivity index (χ0) is 20.2. The highest BCUT2D eigenvalue weighted by molar-refractivity contribution is 7.99. The van der Waals surface area contributed by atoms with Crippen LogP contribution in [0.15, 0.2) is 40.2 Å². The fourth-order valence-electron chi connectivity index (χ4n) is 3.10. The summed E-state index contributed by atoms with van der Waals surface area (Å²) in [6.07, 6.45) is 4.77. The van der Waals surface area contributed by atoms with Gasteiger partial charge in [0.25, 0.3) is 0 Å². The first-order valence-electron chi connectivity index (χ1n) is 9.94. The van der Waals surface area contributed by atoms with Crippen LogP contribution in [0.3, 0.4) is 0 Å². The number of nitrogens with zero attached hydrogens (tertiary/aromatic N) is 2. The van der Waals surface area contributed by atoms with Crippen molar-refractivity contribution < 1.29 is 9.53 Å². The molecule has 1 aromatic rings. The number of nitrogens with one attached hydrogen (secondary N) is 2. The number of carbonyl (C=O) groups is 1. The summed E-state index contributed by atoms with van der Waals surface area (Å²) >= 11 is 1.81.